The molecule has 3 rings (SSSR count). The SMILES string of the molecule is O=C(NCc1ccc(Cl)cc1)N1CCC(Oc2cccnc2)CC1. The van der Waals surface area contributed by atoms with Crippen LogP contribution in [0.2, 0.25) is 5.02 Å². The van der Waals surface area contributed by atoms with Crippen molar-refractivity contribution in [2.75, 3.05) is 13.1 Å². The van der Waals surface area contributed by atoms with Crippen molar-refractivity contribution >= 4 is 17.6 Å². The van der Waals surface area contributed by atoms with Gasteiger partial charge in [-0.15, -0.1) is 0 Å². The first-order valence-electron chi connectivity index (χ1n) is 8.04. The third-order valence-corrected chi connectivity index (χ3v) is 4.28. The van der Waals surface area contributed by atoms with Gasteiger partial charge in [-0.3, -0.25) is 4.98 Å². The number of hydrogen-bond acceptors (Lipinski definition) is 3. The lowest BCUT2D eigenvalue weighted by atomic mass is 10.1. The summed E-state index contributed by atoms with van der Waals surface area (Å²) in [5.74, 6) is 0.781. The predicted octanol–water partition coefficient (Wildman–Crippen LogP) is 3.49. The summed E-state index contributed by atoms with van der Waals surface area (Å²) in [6.07, 6.45) is 5.22. The van der Waals surface area contributed by atoms with Gasteiger partial charge in [0.1, 0.15) is 11.9 Å². The molecule has 0 spiro atoms. The lowest BCUT2D eigenvalue weighted by Crippen LogP contribution is -2.46. The molecule has 2 heterocycles. The van der Waals surface area contributed by atoms with E-state index >= 15 is 0 Å². The summed E-state index contributed by atoms with van der Waals surface area (Å²) in [4.78, 5) is 18.1. The van der Waals surface area contributed by atoms with E-state index in [1.165, 1.54) is 0 Å². The van der Waals surface area contributed by atoms with Crippen molar-refractivity contribution in [3.63, 3.8) is 0 Å². The first-order valence-corrected chi connectivity index (χ1v) is 8.42. The van der Waals surface area contributed by atoms with Crippen molar-refractivity contribution in [3.8, 4) is 5.75 Å². The molecule has 1 fully saturated rings. The number of amides is 2. The second-order valence-corrected chi connectivity index (χ2v) is 6.21. The molecule has 5 nitrogen and oxygen atoms in total. The Morgan fingerprint density at radius 2 is 2.00 bits per heavy atom. The molecule has 1 aliphatic heterocycles. The minimum atomic E-state index is -0.0372. The third-order valence-electron chi connectivity index (χ3n) is 4.02. The molecule has 1 aromatic carbocycles. The zero-order chi connectivity index (χ0) is 16.8. The maximum Gasteiger partial charge on any atom is 0.317 e. The van der Waals surface area contributed by atoms with Crippen LogP contribution in [0, 0.1) is 0 Å². The van der Waals surface area contributed by atoms with Gasteiger partial charge in [0.15, 0.2) is 0 Å². The Hall–Kier alpha value is -2.27. The molecular formula is C18H20ClN3O2. The number of carbonyl (C=O) groups excluding carboxylic acids is 1. The molecule has 126 valence electrons. The number of hydrogen-bond donors (Lipinski definition) is 1. The average molecular weight is 346 g/mol. The third kappa shape index (κ3) is 4.61. The van der Waals surface area contributed by atoms with Gasteiger partial charge in [-0.1, -0.05) is 23.7 Å². The van der Waals surface area contributed by atoms with Gasteiger partial charge in [-0.05, 0) is 29.8 Å². The normalized spacial score (nSPS) is 15.1. The van der Waals surface area contributed by atoms with E-state index in [2.05, 4.69) is 10.3 Å². The van der Waals surface area contributed by atoms with Gasteiger partial charge in [0.05, 0.1) is 6.20 Å². The summed E-state index contributed by atoms with van der Waals surface area (Å²) in [5, 5.41) is 3.64. The summed E-state index contributed by atoms with van der Waals surface area (Å²) >= 11 is 5.86. The van der Waals surface area contributed by atoms with Crippen molar-refractivity contribution in [2.45, 2.75) is 25.5 Å². The number of urea groups is 1. The van der Waals surface area contributed by atoms with E-state index in [1.807, 2.05) is 41.3 Å². The standard InChI is InChI=1S/C18H20ClN3O2/c19-15-5-3-14(4-6-15)12-21-18(23)22-10-7-16(8-11-22)24-17-2-1-9-20-13-17/h1-6,9,13,16H,7-8,10-12H2,(H,21,23). The molecule has 2 aromatic rings. The number of pyridine rings is 1. The Balaban J connectivity index is 1.42. The molecule has 0 radical (unpaired) electrons. The van der Waals surface area contributed by atoms with Crippen molar-refractivity contribution in [2.24, 2.45) is 0 Å². The Labute approximate surface area is 146 Å². The van der Waals surface area contributed by atoms with Gasteiger partial charge in [-0.2, -0.15) is 0 Å². The fourth-order valence-electron chi connectivity index (χ4n) is 2.68. The van der Waals surface area contributed by atoms with Crippen LogP contribution < -0.4 is 10.1 Å². The summed E-state index contributed by atoms with van der Waals surface area (Å²) in [6, 6.07) is 11.2. The van der Waals surface area contributed by atoms with E-state index in [0.717, 1.165) is 24.2 Å². The topological polar surface area (TPSA) is 54.5 Å². The molecule has 1 saturated heterocycles. The molecule has 0 unspecified atom stereocenters. The predicted molar refractivity (Wildman–Crippen MR) is 93.1 cm³/mol. The van der Waals surface area contributed by atoms with Gasteiger partial charge < -0.3 is 15.0 Å². The Bertz CT molecular complexity index is 656. The fourth-order valence-corrected chi connectivity index (χ4v) is 2.80. The second kappa shape index (κ2) is 8.02. The molecule has 24 heavy (non-hydrogen) atoms. The summed E-state index contributed by atoms with van der Waals surface area (Å²) in [5.41, 5.74) is 1.03. The van der Waals surface area contributed by atoms with Crippen LogP contribution in [0.4, 0.5) is 4.79 Å². The zero-order valence-corrected chi connectivity index (χ0v) is 14.1. The molecule has 0 aliphatic carbocycles. The fraction of sp³-hybridized carbons (Fsp3) is 0.333. The lowest BCUT2D eigenvalue weighted by Gasteiger charge is -2.32. The van der Waals surface area contributed by atoms with E-state index in [0.29, 0.717) is 24.7 Å². The highest BCUT2D eigenvalue weighted by molar-refractivity contribution is 6.30. The van der Waals surface area contributed by atoms with Crippen molar-refractivity contribution in [1.82, 2.24) is 15.2 Å². The largest absolute Gasteiger partial charge is 0.489 e. The number of ether oxygens (including phenoxy) is 1. The molecule has 0 saturated carbocycles. The van der Waals surface area contributed by atoms with Crippen molar-refractivity contribution in [1.29, 1.82) is 0 Å². The number of carbonyl (C=O) groups is 1. The van der Waals surface area contributed by atoms with Crippen LogP contribution in [0.3, 0.4) is 0 Å². The Morgan fingerprint density at radius 1 is 1.25 bits per heavy atom. The summed E-state index contributed by atoms with van der Waals surface area (Å²) in [7, 11) is 0. The molecular weight excluding hydrogens is 326 g/mol. The highest BCUT2D eigenvalue weighted by atomic mass is 35.5. The number of likely N-dealkylation sites (tertiary alicyclic amines) is 1. The van der Waals surface area contributed by atoms with Gasteiger partial charge in [-0.25, -0.2) is 4.79 Å². The van der Waals surface area contributed by atoms with E-state index < -0.39 is 0 Å². The van der Waals surface area contributed by atoms with Crippen LogP contribution >= 0.6 is 11.6 Å². The maximum atomic E-state index is 12.2. The van der Waals surface area contributed by atoms with Gasteiger partial charge in [0.25, 0.3) is 0 Å². The summed E-state index contributed by atoms with van der Waals surface area (Å²) < 4.78 is 5.89. The number of piperidine rings is 1. The highest BCUT2D eigenvalue weighted by Gasteiger charge is 2.23. The molecule has 1 aromatic heterocycles. The quantitative estimate of drug-likeness (QED) is 0.922. The number of aromatic nitrogens is 1. The first kappa shape index (κ1) is 16.6. The van der Waals surface area contributed by atoms with Crippen LogP contribution in [0.15, 0.2) is 48.8 Å². The average Bonchev–Trinajstić information content (AvgIpc) is 2.62. The van der Waals surface area contributed by atoms with E-state index in [-0.39, 0.29) is 12.1 Å². The highest BCUT2D eigenvalue weighted by Crippen LogP contribution is 2.18. The molecule has 6 heteroatoms. The zero-order valence-electron chi connectivity index (χ0n) is 13.3. The van der Waals surface area contributed by atoms with Crippen LogP contribution in [0.25, 0.3) is 0 Å². The number of halogens is 1. The van der Waals surface area contributed by atoms with Gasteiger partial charge in [0.2, 0.25) is 0 Å². The van der Waals surface area contributed by atoms with Crippen LogP contribution in [0.5, 0.6) is 5.75 Å². The smallest absolute Gasteiger partial charge is 0.317 e. The van der Waals surface area contributed by atoms with Crippen molar-refractivity contribution < 1.29 is 9.53 Å². The first-order chi connectivity index (χ1) is 11.7. The minimum Gasteiger partial charge on any atom is -0.489 e. The van der Waals surface area contributed by atoms with Crippen LogP contribution in [-0.4, -0.2) is 35.1 Å². The minimum absolute atomic E-state index is 0.0372. The second-order valence-electron chi connectivity index (χ2n) is 5.78. The lowest BCUT2D eigenvalue weighted by molar-refractivity contribution is 0.110. The van der Waals surface area contributed by atoms with Gasteiger partial charge in [0, 0.05) is 43.7 Å². The molecule has 0 atom stereocenters. The number of benzene rings is 1. The monoisotopic (exact) mass is 345 g/mol. The number of nitrogens with zero attached hydrogens (tertiary/aromatic N) is 2. The summed E-state index contributed by atoms with van der Waals surface area (Å²) in [6.45, 7) is 1.89. The molecule has 1 aliphatic rings. The molecule has 2 amide bonds. The Morgan fingerprint density at radius 3 is 2.67 bits per heavy atom. The van der Waals surface area contributed by atoms with Gasteiger partial charge >= 0.3 is 6.03 Å². The number of rotatable bonds is 4. The van der Waals surface area contributed by atoms with E-state index in [9.17, 15) is 4.79 Å². The molecule has 1 N–H and O–H groups in total. The van der Waals surface area contributed by atoms with Crippen LogP contribution in [-0.2, 0) is 6.54 Å². The van der Waals surface area contributed by atoms with E-state index in [4.69, 9.17) is 16.3 Å². The van der Waals surface area contributed by atoms with E-state index in [1.54, 1.807) is 12.4 Å². The van der Waals surface area contributed by atoms with Crippen LogP contribution in [0.1, 0.15) is 18.4 Å². The van der Waals surface area contributed by atoms with Crippen molar-refractivity contribution in [3.05, 3.63) is 59.4 Å². The molecule has 0 bridgehead atoms. The maximum absolute atomic E-state index is 12.2. The number of nitrogens with one attached hydrogen (secondary N) is 1. The Kier molecular flexibility index (Phi) is 5.54.